The molecule has 2 fully saturated rings. The fraction of sp³-hybridized carbons (Fsp3) is 0.548. The molecule has 6 rings (SSSR count). The van der Waals surface area contributed by atoms with Crippen LogP contribution in [0.15, 0.2) is 24.3 Å². The minimum Gasteiger partial charge on any atom is -0.481 e. The van der Waals surface area contributed by atoms with E-state index in [2.05, 4.69) is 16.3 Å². The van der Waals surface area contributed by atoms with Crippen molar-refractivity contribution in [2.24, 2.45) is 0 Å². The van der Waals surface area contributed by atoms with Gasteiger partial charge in [-0.25, -0.2) is 13.8 Å². The number of hydrogen-bond donors (Lipinski definition) is 1. The summed E-state index contributed by atoms with van der Waals surface area (Å²) < 4.78 is 40.0. The fourth-order valence-electron chi connectivity index (χ4n) is 6.39. The number of ether oxygens (including phenoxy) is 2. The quantitative estimate of drug-likeness (QED) is 0.353. The Morgan fingerprint density at radius 2 is 1.80 bits per heavy atom. The maximum absolute atomic E-state index is 14.4. The molecule has 3 aliphatic rings. The second kappa shape index (κ2) is 12.2. The number of aryl methyl sites for hydroxylation is 1. The van der Waals surface area contributed by atoms with Gasteiger partial charge in [0.15, 0.2) is 11.6 Å². The molecule has 40 heavy (non-hydrogen) atoms. The summed E-state index contributed by atoms with van der Waals surface area (Å²) >= 11 is 0. The van der Waals surface area contributed by atoms with Crippen LogP contribution in [0.4, 0.5) is 20.2 Å². The zero-order valence-corrected chi connectivity index (χ0v) is 23.4. The van der Waals surface area contributed by atoms with E-state index in [9.17, 15) is 8.78 Å². The van der Waals surface area contributed by atoms with E-state index in [0.29, 0.717) is 37.9 Å². The predicted molar refractivity (Wildman–Crippen MR) is 153 cm³/mol. The molecule has 9 heteroatoms. The summed E-state index contributed by atoms with van der Waals surface area (Å²) in [6.45, 7) is 5.71. The first kappa shape index (κ1) is 27.1. The van der Waals surface area contributed by atoms with Crippen LogP contribution in [0.1, 0.15) is 55.3 Å². The number of anilines is 2. The molecule has 2 aromatic heterocycles. The van der Waals surface area contributed by atoms with Crippen LogP contribution in [0, 0.1) is 11.6 Å². The molecule has 4 heterocycles. The number of nitrogens with one attached hydrogen (secondary N) is 1. The lowest BCUT2D eigenvalue weighted by Crippen LogP contribution is -2.40. The Bertz CT molecular complexity index is 1340. The monoisotopic (exact) mass is 551 g/mol. The van der Waals surface area contributed by atoms with Crippen molar-refractivity contribution in [3.63, 3.8) is 0 Å². The normalized spacial score (nSPS) is 18.3. The lowest BCUT2D eigenvalue weighted by molar-refractivity contribution is 0.0975. The van der Waals surface area contributed by atoms with Gasteiger partial charge >= 0.3 is 0 Å². The molecule has 0 spiro atoms. The van der Waals surface area contributed by atoms with Gasteiger partial charge in [-0.1, -0.05) is 6.07 Å². The van der Waals surface area contributed by atoms with Crippen LogP contribution in [0.3, 0.4) is 0 Å². The van der Waals surface area contributed by atoms with Crippen LogP contribution in [0.25, 0.3) is 11.0 Å². The van der Waals surface area contributed by atoms with E-state index in [-0.39, 0.29) is 6.04 Å². The van der Waals surface area contributed by atoms with Crippen molar-refractivity contribution in [2.75, 3.05) is 56.7 Å². The van der Waals surface area contributed by atoms with E-state index in [1.54, 1.807) is 19.2 Å². The Hall–Kier alpha value is -3.04. The molecule has 214 valence electrons. The highest BCUT2D eigenvalue weighted by molar-refractivity contribution is 5.91. The van der Waals surface area contributed by atoms with Gasteiger partial charge < -0.3 is 24.6 Å². The average molecular weight is 552 g/mol. The van der Waals surface area contributed by atoms with E-state index in [1.807, 2.05) is 4.90 Å². The van der Waals surface area contributed by atoms with Crippen molar-refractivity contribution >= 4 is 22.4 Å². The van der Waals surface area contributed by atoms with Gasteiger partial charge in [-0.2, -0.15) is 0 Å². The molecule has 0 atom stereocenters. The minimum absolute atomic E-state index is 0.200. The van der Waals surface area contributed by atoms with Crippen molar-refractivity contribution in [3.8, 4) is 5.88 Å². The molecule has 1 aromatic carbocycles. The van der Waals surface area contributed by atoms with E-state index in [1.165, 1.54) is 18.4 Å². The topological polar surface area (TPSA) is 62.8 Å². The summed E-state index contributed by atoms with van der Waals surface area (Å²) in [5, 5.41) is 3.82. The van der Waals surface area contributed by atoms with Crippen LogP contribution in [-0.4, -0.2) is 67.4 Å². The fourth-order valence-corrected chi connectivity index (χ4v) is 6.39. The largest absolute Gasteiger partial charge is 0.481 e. The Labute approximate surface area is 234 Å². The second-order valence-electron chi connectivity index (χ2n) is 11.2. The second-order valence-corrected chi connectivity index (χ2v) is 11.2. The molecule has 3 aromatic rings. The molecule has 1 aliphatic carbocycles. The van der Waals surface area contributed by atoms with Gasteiger partial charge in [0.2, 0.25) is 5.88 Å². The van der Waals surface area contributed by atoms with Gasteiger partial charge in [0.25, 0.3) is 0 Å². The standard InChI is InChI=1S/C31H39F2N5O2/c1-39-31-21(20-40-18-17-37-13-4-5-14-37)19-26-30(36-31)29(23-7-2-3-9-25(23)35-26)34-22-11-15-38(16-12-22)27-10-6-8-24(32)28(27)33/h6,8,10,19,22H,2-5,7,9,11-18,20H2,1H3,(H,34,35). The molecule has 7 nitrogen and oxygen atoms in total. The lowest BCUT2D eigenvalue weighted by Gasteiger charge is -2.35. The Balaban J connectivity index is 1.21. The van der Waals surface area contributed by atoms with Crippen LogP contribution in [0.2, 0.25) is 0 Å². The first-order chi connectivity index (χ1) is 19.6. The van der Waals surface area contributed by atoms with E-state index < -0.39 is 11.6 Å². The highest BCUT2D eigenvalue weighted by Crippen LogP contribution is 2.36. The first-order valence-electron chi connectivity index (χ1n) is 14.8. The summed E-state index contributed by atoms with van der Waals surface area (Å²) in [6.07, 6.45) is 8.39. The van der Waals surface area contributed by atoms with Crippen molar-refractivity contribution in [3.05, 3.63) is 52.7 Å². The van der Waals surface area contributed by atoms with Crippen LogP contribution in [-0.2, 0) is 24.2 Å². The molecule has 2 aliphatic heterocycles. The third-order valence-corrected chi connectivity index (χ3v) is 8.59. The first-order valence-corrected chi connectivity index (χ1v) is 14.8. The van der Waals surface area contributed by atoms with Gasteiger partial charge in [0.05, 0.1) is 37.2 Å². The molecule has 0 amide bonds. The molecule has 0 bridgehead atoms. The Morgan fingerprint density at radius 1 is 1.00 bits per heavy atom. The number of halogens is 2. The lowest BCUT2D eigenvalue weighted by atomic mass is 9.92. The number of likely N-dealkylation sites (tertiary alicyclic amines) is 1. The number of benzene rings is 1. The number of methoxy groups -OCH3 is 1. The van der Waals surface area contributed by atoms with Gasteiger partial charge in [-0.3, -0.25) is 4.98 Å². The third kappa shape index (κ3) is 5.72. The van der Waals surface area contributed by atoms with E-state index in [0.717, 1.165) is 92.2 Å². The highest BCUT2D eigenvalue weighted by atomic mass is 19.2. The predicted octanol–water partition coefficient (Wildman–Crippen LogP) is 5.49. The van der Waals surface area contributed by atoms with Crippen molar-refractivity contribution < 1.29 is 18.3 Å². The summed E-state index contributed by atoms with van der Waals surface area (Å²) in [6, 6.07) is 6.67. The summed E-state index contributed by atoms with van der Waals surface area (Å²) in [4.78, 5) is 14.4. The smallest absolute Gasteiger partial charge is 0.219 e. The number of hydrogen-bond acceptors (Lipinski definition) is 7. The van der Waals surface area contributed by atoms with Gasteiger partial charge in [0, 0.05) is 36.9 Å². The number of piperidine rings is 1. The van der Waals surface area contributed by atoms with Gasteiger partial charge in [-0.15, -0.1) is 0 Å². The van der Waals surface area contributed by atoms with Crippen LogP contribution in [0.5, 0.6) is 5.88 Å². The van der Waals surface area contributed by atoms with Gasteiger partial charge in [-0.05, 0) is 88.2 Å². The zero-order valence-electron chi connectivity index (χ0n) is 23.4. The number of aromatic nitrogens is 2. The average Bonchev–Trinajstić information content (AvgIpc) is 3.50. The highest BCUT2D eigenvalue weighted by Gasteiger charge is 2.26. The minimum atomic E-state index is -0.802. The molecule has 1 N–H and O–H groups in total. The molecular formula is C31H39F2N5O2. The molecule has 0 saturated carbocycles. The van der Waals surface area contributed by atoms with Crippen LogP contribution >= 0.6 is 0 Å². The number of nitrogens with zero attached hydrogens (tertiary/aromatic N) is 4. The maximum Gasteiger partial charge on any atom is 0.219 e. The third-order valence-electron chi connectivity index (χ3n) is 8.59. The molecule has 0 radical (unpaired) electrons. The van der Waals surface area contributed by atoms with Crippen molar-refractivity contribution in [1.82, 2.24) is 14.9 Å². The Kier molecular flexibility index (Phi) is 8.30. The van der Waals surface area contributed by atoms with E-state index >= 15 is 0 Å². The maximum atomic E-state index is 14.4. The summed E-state index contributed by atoms with van der Waals surface area (Å²) in [7, 11) is 1.65. The summed E-state index contributed by atoms with van der Waals surface area (Å²) in [5.74, 6) is -0.995. The number of rotatable bonds is 9. The molecule has 2 saturated heterocycles. The molecule has 0 unspecified atom stereocenters. The SMILES string of the molecule is COc1nc2c(NC3CCN(c4cccc(F)c4F)CC3)c3c(nc2cc1COCCN1CCCC1)CCCC3. The summed E-state index contributed by atoms with van der Waals surface area (Å²) in [5.41, 5.74) is 6.39. The van der Waals surface area contributed by atoms with Crippen molar-refractivity contribution in [2.45, 2.75) is 64.0 Å². The zero-order chi connectivity index (χ0) is 27.5. The molecular weight excluding hydrogens is 512 g/mol. The van der Waals surface area contributed by atoms with Crippen molar-refractivity contribution in [1.29, 1.82) is 0 Å². The van der Waals surface area contributed by atoms with Crippen LogP contribution < -0.4 is 15.0 Å². The number of pyridine rings is 2. The number of fused-ring (bicyclic) bond motifs is 2. The Morgan fingerprint density at radius 3 is 2.60 bits per heavy atom. The van der Waals surface area contributed by atoms with E-state index in [4.69, 9.17) is 19.4 Å². The van der Waals surface area contributed by atoms with Gasteiger partial charge in [0.1, 0.15) is 5.52 Å².